The molecule has 0 spiro atoms. The zero-order chi connectivity index (χ0) is 19.7. The molecular weight excluding hydrogens is 363 g/mol. The fraction of sp³-hybridized carbons (Fsp3) is 0.182. The predicted molar refractivity (Wildman–Crippen MR) is 103 cm³/mol. The van der Waals surface area contributed by atoms with Crippen LogP contribution in [0.4, 0.5) is 13.2 Å². The summed E-state index contributed by atoms with van der Waals surface area (Å²) in [6.07, 6.45) is 0.381. The van der Waals surface area contributed by atoms with Crippen molar-refractivity contribution in [3.8, 4) is 17.2 Å². The van der Waals surface area contributed by atoms with E-state index in [9.17, 15) is 13.2 Å². The van der Waals surface area contributed by atoms with Crippen molar-refractivity contribution >= 4 is 10.9 Å². The molecule has 0 aliphatic heterocycles. The van der Waals surface area contributed by atoms with E-state index >= 15 is 0 Å². The van der Waals surface area contributed by atoms with E-state index < -0.39 is 11.7 Å². The summed E-state index contributed by atoms with van der Waals surface area (Å²) in [4.78, 5) is 8.64. The highest BCUT2D eigenvalue weighted by molar-refractivity contribution is 5.93. The Hall–Kier alpha value is -3.15. The minimum Gasteiger partial charge on any atom is -0.278 e. The second kappa shape index (κ2) is 7.11. The lowest BCUT2D eigenvalue weighted by atomic mass is 10.0. The van der Waals surface area contributed by atoms with Gasteiger partial charge in [-0.1, -0.05) is 49.7 Å². The fourth-order valence-electron chi connectivity index (χ4n) is 3.55. The van der Waals surface area contributed by atoms with E-state index in [0.29, 0.717) is 11.5 Å². The largest absolute Gasteiger partial charge is 0.416 e. The highest BCUT2D eigenvalue weighted by Crippen LogP contribution is 2.39. The van der Waals surface area contributed by atoms with E-state index in [2.05, 4.69) is 16.9 Å². The van der Waals surface area contributed by atoms with E-state index in [4.69, 9.17) is 0 Å². The summed E-state index contributed by atoms with van der Waals surface area (Å²) < 4.78 is 41.9. The third-order valence-corrected chi connectivity index (χ3v) is 4.70. The molecule has 4 aromatic rings. The van der Waals surface area contributed by atoms with Crippen LogP contribution >= 0.6 is 0 Å². The Kier molecular flexibility index (Phi) is 4.63. The maximum absolute atomic E-state index is 13.4. The van der Waals surface area contributed by atoms with E-state index in [1.165, 1.54) is 6.07 Å². The highest BCUT2D eigenvalue weighted by atomic mass is 19.4. The Morgan fingerprint density at radius 3 is 2.29 bits per heavy atom. The van der Waals surface area contributed by atoms with Crippen LogP contribution in [0.2, 0.25) is 0 Å². The zero-order valence-corrected chi connectivity index (χ0v) is 15.2. The standard InChI is InChI=1S/C22H18F3N3/c1-2-7-18-17-11-10-16(22(23,24)25)14-19(17)28(21-26-12-6-13-27-21)20(18)15-8-4-3-5-9-15/h3-6,8-14H,2,7H2,1H3. The maximum Gasteiger partial charge on any atom is 0.416 e. The molecule has 2 aromatic heterocycles. The van der Waals surface area contributed by atoms with Crippen LogP contribution in [-0.4, -0.2) is 14.5 Å². The molecule has 0 aliphatic carbocycles. The van der Waals surface area contributed by atoms with Crippen molar-refractivity contribution in [1.29, 1.82) is 0 Å². The number of nitrogens with zero attached hydrogens (tertiary/aromatic N) is 3. The lowest BCUT2D eigenvalue weighted by molar-refractivity contribution is -0.137. The van der Waals surface area contributed by atoms with Gasteiger partial charge >= 0.3 is 6.18 Å². The molecule has 6 heteroatoms. The van der Waals surface area contributed by atoms with Gasteiger partial charge in [0.15, 0.2) is 0 Å². The van der Waals surface area contributed by atoms with Gasteiger partial charge in [0.25, 0.3) is 0 Å². The van der Waals surface area contributed by atoms with Crippen LogP contribution in [0.1, 0.15) is 24.5 Å². The Morgan fingerprint density at radius 1 is 0.929 bits per heavy atom. The van der Waals surface area contributed by atoms with Crippen LogP contribution in [-0.2, 0) is 12.6 Å². The van der Waals surface area contributed by atoms with Gasteiger partial charge in [0.05, 0.1) is 16.8 Å². The molecule has 2 aromatic carbocycles. The normalized spacial score (nSPS) is 11.9. The molecule has 0 bridgehead atoms. The molecule has 0 saturated carbocycles. The minimum absolute atomic E-state index is 0.355. The van der Waals surface area contributed by atoms with Gasteiger partial charge < -0.3 is 0 Å². The summed E-state index contributed by atoms with van der Waals surface area (Å²) >= 11 is 0. The van der Waals surface area contributed by atoms with Crippen molar-refractivity contribution in [2.24, 2.45) is 0 Å². The lowest BCUT2D eigenvalue weighted by Crippen LogP contribution is -2.06. The van der Waals surface area contributed by atoms with Crippen LogP contribution < -0.4 is 0 Å². The summed E-state index contributed by atoms with van der Waals surface area (Å²) in [5.74, 6) is 0.355. The zero-order valence-electron chi connectivity index (χ0n) is 15.2. The second-order valence-electron chi connectivity index (χ2n) is 6.56. The molecule has 28 heavy (non-hydrogen) atoms. The van der Waals surface area contributed by atoms with Crippen LogP contribution in [0.5, 0.6) is 0 Å². The van der Waals surface area contributed by atoms with Gasteiger partial charge in [-0.3, -0.25) is 4.57 Å². The van der Waals surface area contributed by atoms with Gasteiger partial charge in [-0.25, -0.2) is 9.97 Å². The first-order valence-electron chi connectivity index (χ1n) is 9.08. The summed E-state index contributed by atoms with van der Waals surface area (Å²) in [6, 6.07) is 15.2. The number of hydrogen-bond acceptors (Lipinski definition) is 2. The number of halogens is 3. The van der Waals surface area contributed by atoms with Crippen LogP contribution in [0, 0.1) is 0 Å². The molecule has 0 unspecified atom stereocenters. The second-order valence-corrected chi connectivity index (χ2v) is 6.56. The Labute approximate surface area is 160 Å². The van der Waals surface area contributed by atoms with Crippen LogP contribution in [0.3, 0.4) is 0 Å². The number of aryl methyl sites for hydroxylation is 1. The lowest BCUT2D eigenvalue weighted by Gasteiger charge is -2.11. The van der Waals surface area contributed by atoms with Gasteiger partial charge in [0, 0.05) is 17.8 Å². The smallest absolute Gasteiger partial charge is 0.278 e. The predicted octanol–water partition coefficient (Wildman–Crippen LogP) is 6.06. The van der Waals surface area contributed by atoms with Crippen molar-refractivity contribution in [3.05, 3.63) is 78.1 Å². The maximum atomic E-state index is 13.4. The third kappa shape index (κ3) is 3.15. The van der Waals surface area contributed by atoms with Gasteiger partial charge in [-0.05, 0) is 35.7 Å². The third-order valence-electron chi connectivity index (χ3n) is 4.70. The first kappa shape index (κ1) is 18.2. The number of fused-ring (bicyclic) bond motifs is 1. The molecule has 0 aliphatic rings. The monoisotopic (exact) mass is 381 g/mol. The molecule has 0 fully saturated rings. The molecule has 0 atom stereocenters. The molecule has 0 radical (unpaired) electrons. The Balaban J connectivity index is 2.14. The van der Waals surface area contributed by atoms with Crippen molar-refractivity contribution in [2.45, 2.75) is 25.9 Å². The number of aromatic nitrogens is 3. The van der Waals surface area contributed by atoms with Crippen molar-refractivity contribution < 1.29 is 13.2 Å². The first-order valence-corrected chi connectivity index (χ1v) is 9.08. The number of benzene rings is 2. The molecule has 142 valence electrons. The molecule has 0 amide bonds. The van der Waals surface area contributed by atoms with Gasteiger partial charge in [-0.15, -0.1) is 0 Å². The summed E-state index contributed by atoms with van der Waals surface area (Å²) in [5.41, 5.74) is 2.54. The average molecular weight is 381 g/mol. The quantitative estimate of drug-likeness (QED) is 0.430. The molecule has 0 N–H and O–H groups in total. The highest BCUT2D eigenvalue weighted by Gasteiger charge is 2.32. The van der Waals surface area contributed by atoms with Crippen molar-refractivity contribution in [2.75, 3.05) is 0 Å². The topological polar surface area (TPSA) is 30.7 Å². The Morgan fingerprint density at radius 2 is 1.64 bits per heavy atom. The minimum atomic E-state index is -4.42. The SMILES string of the molecule is CCCc1c(-c2ccccc2)n(-c2ncccn2)c2cc(C(F)(F)F)ccc12. The van der Waals surface area contributed by atoms with Crippen LogP contribution in [0.25, 0.3) is 28.1 Å². The Bertz CT molecular complexity index is 1100. The van der Waals surface area contributed by atoms with Gasteiger partial charge in [0.1, 0.15) is 0 Å². The van der Waals surface area contributed by atoms with E-state index in [1.54, 1.807) is 29.1 Å². The van der Waals surface area contributed by atoms with Gasteiger partial charge in [-0.2, -0.15) is 13.2 Å². The molecular formula is C22H18F3N3. The van der Waals surface area contributed by atoms with E-state index in [1.807, 2.05) is 30.3 Å². The molecule has 4 rings (SSSR count). The summed E-state index contributed by atoms with van der Waals surface area (Å²) in [7, 11) is 0. The summed E-state index contributed by atoms with van der Waals surface area (Å²) in [6.45, 7) is 2.06. The van der Waals surface area contributed by atoms with E-state index in [-0.39, 0.29) is 0 Å². The molecule has 2 heterocycles. The van der Waals surface area contributed by atoms with Crippen LogP contribution in [0.15, 0.2) is 67.0 Å². The fourth-order valence-corrected chi connectivity index (χ4v) is 3.55. The van der Waals surface area contributed by atoms with Crippen molar-refractivity contribution in [1.82, 2.24) is 14.5 Å². The molecule has 3 nitrogen and oxygen atoms in total. The first-order chi connectivity index (χ1) is 13.5. The van der Waals surface area contributed by atoms with E-state index in [0.717, 1.165) is 41.1 Å². The number of rotatable bonds is 4. The van der Waals surface area contributed by atoms with Crippen molar-refractivity contribution in [3.63, 3.8) is 0 Å². The molecule has 0 saturated heterocycles. The summed E-state index contributed by atoms with van der Waals surface area (Å²) in [5, 5.41) is 0.793. The average Bonchev–Trinajstić information content (AvgIpc) is 3.02. The number of alkyl halides is 3. The van der Waals surface area contributed by atoms with Gasteiger partial charge in [0.2, 0.25) is 5.95 Å². The number of hydrogen-bond donors (Lipinski definition) is 0.